The lowest BCUT2D eigenvalue weighted by molar-refractivity contribution is 0.0124. The van der Waals surface area contributed by atoms with Gasteiger partial charge >= 0.3 is 15.2 Å². The average molecular weight is 399 g/mol. The maximum absolute atomic E-state index is 12.4. The molecule has 9 heteroatoms. The Balaban J connectivity index is 3.63. The average Bonchev–Trinajstić information content (AvgIpc) is 2.72. The van der Waals surface area contributed by atoms with Gasteiger partial charge in [-0.25, -0.2) is 0 Å². The van der Waals surface area contributed by atoms with Crippen LogP contribution in [0.5, 0.6) is 0 Å². The second-order valence-corrected chi connectivity index (χ2v) is 11.2. The monoisotopic (exact) mass is 399 g/mol. The molecule has 0 aliphatic heterocycles. The molecular formula is C16H35NO6P2. The molecule has 4 N–H and O–H groups in total. The molecule has 0 radical (unpaired) electrons. The molecule has 1 fully saturated rings. The minimum atomic E-state index is -5.10. The summed E-state index contributed by atoms with van der Waals surface area (Å²) in [6.07, 6.45) is 5.97. The van der Waals surface area contributed by atoms with Gasteiger partial charge in [0.2, 0.25) is 5.02 Å². The molecule has 1 rings (SSSR count). The Labute approximate surface area is 151 Å². The van der Waals surface area contributed by atoms with E-state index >= 15 is 0 Å². The molecule has 0 aromatic carbocycles. The highest BCUT2D eigenvalue weighted by atomic mass is 31.2. The quantitative estimate of drug-likeness (QED) is 0.361. The van der Waals surface area contributed by atoms with Crippen LogP contribution in [0.25, 0.3) is 0 Å². The van der Waals surface area contributed by atoms with E-state index in [0.29, 0.717) is 6.42 Å². The predicted octanol–water partition coefficient (Wildman–Crippen LogP) is 3.87. The summed E-state index contributed by atoms with van der Waals surface area (Å²) in [5.74, 6) is 0. The second-order valence-electron chi connectivity index (χ2n) is 7.19. The van der Waals surface area contributed by atoms with Gasteiger partial charge in [0.1, 0.15) is 0 Å². The fraction of sp³-hybridized carbons (Fsp3) is 1.00. The standard InChI is InChI=1S/C16H35NO6P2/c1-5-15(6-2)13-11-9-10-12-14(15)17(8-4)16(7-3,24(18,19)20)25(21,22)23/h14H,5-13H2,1-4H3,(H2,18,19,20)(H2,21,22,23). The van der Waals surface area contributed by atoms with Crippen molar-refractivity contribution >= 4 is 15.2 Å². The van der Waals surface area contributed by atoms with Gasteiger partial charge in [0.25, 0.3) is 0 Å². The molecule has 1 unspecified atom stereocenters. The molecule has 0 aromatic heterocycles. The third-order valence-electron chi connectivity index (χ3n) is 6.35. The summed E-state index contributed by atoms with van der Waals surface area (Å²) in [4.78, 5) is 41.7. The van der Waals surface area contributed by atoms with Gasteiger partial charge in [-0.1, -0.05) is 47.0 Å². The van der Waals surface area contributed by atoms with Gasteiger partial charge in [-0.3, -0.25) is 14.0 Å². The molecule has 0 spiro atoms. The summed E-state index contributed by atoms with van der Waals surface area (Å²) in [5.41, 5.74) is -0.183. The summed E-state index contributed by atoms with van der Waals surface area (Å²) in [7, 11) is -10.2. The highest BCUT2D eigenvalue weighted by Gasteiger charge is 2.65. The first-order valence-corrected chi connectivity index (χ1v) is 12.6. The maximum Gasteiger partial charge on any atom is 0.358 e. The molecule has 1 atom stereocenters. The highest BCUT2D eigenvalue weighted by molar-refractivity contribution is 7.72. The number of nitrogens with zero attached hydrogens (tertiary/aromatic N) is 1. The van der Waals surface area contributed by atoms with Crippen molar-refractivity contribution in [3.8, 4) is 0 Å². The van der Waals surface area contributed by atoms with Gasteiger partial charge in [-0.05, 0) is 44.1 Å². The van der Waals surface area contributed by atoms with Crippen LogP contribution < -0.4 is 0 Å². The normalized spacial score (nSPS) is 22.8. The first kappa shape index (κ1) is 23.3. The minimum absolute atomic E-state index is 0.183. The third kappa shape index (κ3) is 4.08. The zero-order valence-electron chi connectivity index (χ0n) is 15.9. The first-order valence-electron chi connectivity index (χ1n) is 9.35. The lowest BCUT2D eigenvalue weighted by atomic mass is 9.71. The van der Waals surface area contributed by atoms with Crippen molar-refractivity contribution in [2.45, 2.75) is 90.1 Å². The number of hydrogen-bond donors (Lipinski definition) is 4. The van der Waals surface area contributed by atoms with Crippen LogP contribution in [0.15, 0.2) is 0 Å². The number of hydrogen-bond acceptors (Lipinski definition) is 3. The molecule has 0 bridgehead atoms. The fourth-order valence-electron chi connectivity index (χ4n) is 4.87. The summed E-state index contributed by atoms with van der Waals surface area (Å²) >= 11 is 0. The van der Waals surface area contributed by atoms with E-state index in [-0.39, 0.29) is 24.4 Å². The first-order chi connectivity index (χ1) is 11.5. The van der Waals surface area contributed by atoms with Gasteiger partial charge in [-0.15, -0.1) is 0 Å². The van der Waals surface area contributed by atoms with Gasteiger partial charge in [0.15, 0.2) is 0 Å². The van der Waals surface area contributed by atoms with Crippen LogP contribution in [-0.2, 0) is 9.13 Å². The fourth-order valence-corrected chi connectivity index (χ4v) is 8.28. The third-order valence-corrected chi connectivity index (χ3v) is 10.9. The van der Waals surface area contributed by atoms with Crippen molar-refractivity contribution in [1.29, 1.82) is 0 Å². The summed E-state index contributed by atoms with van der Waals surface area (Å²) in [6.45, 7) is 7.51. The summed E-state index contributed by atoms with van der Waals surface area (Å²) < 4.78 is 24.8. The van der Waals surface area contributed by atoms with Gasteiger partial charge in [-0.2, -0.15) is 0 Å². The van der Waals surface area contributed by atoms with E-state index in [1.165, 1.54) is 11.8 Å². The topological polar surface area (TPSA) is 118 Å². The molecule has 1 saturated carbocycles. The summed E-state index contributed by atoms with van der Waals surface area (Å²) in [5, 5.41) is -2.45. The van der Waals surface area contributed by atoms with Crippen molar-refractivity contribution in [2.75, 3.05) is 6.54 Å². The van der Waals surface area contributed by atoms with Crippen molar-refractivity contribution < 1.29 is 28.7 Å². The zero-order valence-corrected chi connectivity index (χ0v) is 17.7. The predicted molar refractivity (Wildman–Crippen MR) is 99.4 cm³/mol. The van der Waals surface area contributed by atoms with Crippen molar-refractivity contribution in [2.24, 2.45) is 5.41 Å². The van der Waals surface area contributed by atoms with Crippen molar-refractivity contribution in [1.82, 2.24) is 4.90 Å². The Morgan fingerprint density at radius 3 is 1.84 bits per heavy atom. The molecule has 0 aromatic rings. The van der Waals surface area contributed by atoms with Crippen LogP contribution in [0.1, 0.15) is 79.1 Å². The van der Waals surface area contributed by atoms with Gasteiger partial charge < -0.3 is 19.6 Å². The lowest BCUT2D eigenvalue weighted by Crippen LogP contribution is -2.57. The van der Waals surface area contributed by atoms with E-state index in [0.717, 1.165) is 38.5 Å². The molecule has 1 aliphatic carbocycles. The maximum atomic E-state index is 12.4. The summed E-state index contributed by atoms with van der Waals surface area (Å²) in [6, 6.07) is -0.254. The van der Waals surface area contributed by atoms with E-state index in [2.05, 4.69) is 13.8 Å². The second kappa shape index (κ2) is 8.52. The van der Waals surface area contributed by atoms with E-state index in [9.17, 15) is 28.7 Å². The van der Waals surface area contributed by atoms with Crippen LogP contribution in [0, 0.1) is 5.41 Å². The van der Waals surface area contributed by atoms with Crippen LogP contribution in [-0.4, -0.2) is 42.1 Å². The van der Waals surface area contributed by atoms with Crippen molar-refractivity contribution in [3.05, 3.63) is 0 Å². The van der Waals surface area contributed by atoms with E-state index in [4.69, 9.17) is 0 Å². The highest BCUT2D eigenvalue weighted by Crippen LogP contribution is 2.73. The van der Waals surface area contributed by atoms with Crippen LogP contribution >= 0.6 is 15.2 Å². The molecule has 25 heavy (non-hydrogen) atoms. The molecule has 1 aliphatic rings. The lowest BCUT2D eigenvalue weighted by Gasteiger charge is -2.52. The largest absolute Gasteiger partial charge is 0.358 e. The van der Waals surface area contributed by atoms with Gasteiger partial charge in [0.05, 0.1) is 0 Å². The molecule has 0 heterocycles. The van der Waals surface area contributed by atoms with E-state index in [1.54, 1.807) is 6.92 Å². The Hall–Kier alpha value is 0.260. The number of rotatable bonds is 8. The van der Waals surface area contributed by atoms with Crippen LogP contribution in [0.4, 0.5) is 0 Å². The van der Waals surface area contributed by atoms with Crippen molar-refractivity contribution in [3.63, 3.8) is 0 Å². The minimum Gasteiger partial charge on any atom is -0.323 e. The van der Waals surface area contributed by atoms with Crippen LogP contribution in [0.2, 0.25) is 0 Å². The zero-order chi connectivity index (χ0) is 19.5. The Morgan fingerprint density at radius 2 is 1.48 bits per heavy atom. The molecular weight excluding hydrogens is 364 g/mol. The molecule has 0 amide bonds. The molecule has 0 saturated heterocycles. The Kier molecular flexibility index (Phi) is 7.94. The molecule has 7 nitrogen and oxygen atoms in total. The van der Waals surface area contributed by atoms with E-state index in [1.807, 2.05) is 0 Å². The van der Waals surface area contributed by atoms with Crippen LogP contribution in [0.3, 0.4) is 0 Å². The Bertz CT molecular complexity index is 503. The molecule has 150 valence electrons. The smallest absolute Gasteiger partial charge is 0.323 e. The SMILES string of the molecule is CCN(C1CCCCCC1(CC)CC)C(CC)(P(=O)(O)O)P(=O)(O)O. The van der Waals surface area contributed by atoms with Gasteiger partial charge in [0, 0.05) is 6.04 Å². The van der Waals surface area contributed by atoms with E-state index < -0.39 is 20.2 Å². The Morgan fingerprint density at radius 1 is 0.960 bits per heavy atom.